The van der Waals surface area contributed by atoms with Gasteiger partial charge in [-0.05, 0) is 54.3 Å². The number of esters is 1. The molecule has 0 saturated heterocycles. The Balaban J connectivity index is 1.56. The van der Waals surface area contributed by atoms with Gasteiger partial charge in [-0.2, -0.15) is 5.26 Å². The van der Waals surface area contributed by atoms with Crippen LogP contribution in [0.15, 0.2) is 101 Å². The lowest BCUT2D eigenvalue weighted by atomic mass is 9.82. The Kier molecular flexibility index (Phi) is 9.48. The molecular weight excluding hydrogens is 530 g/mol. The molecule has 3 aromatic rings. The number of benzene rings is 3. The number of dihydropyridines is 1. The second kappa shape index (κ2) is 13.2. The first-order valence-corrected chi connectivity index (χ1v) is 13.9. The zero-order chi connectivity index (χ0) is 27.8. The van der Waals surface area contributed by atoms with Gasteiger partial charge >= 0.3 is 5.97 Å². The van der Waals surface area contributed by atoms with Gasteiger partial charge in [0, 0.05) is 16.4 Å². The van der Waals surface area contributed by atoms with Crippen molar-refractivity contribution in [2.45, 2.75) is 32.8 Å². The molecule has 0 fully saturated rings. The van der Waals surface area contributed by atoms with E-state index in [1.165, 1.54) is 17.3 Å². The minimum Gasteiger partial charge on any atom is -0.457 e. The minimum absolute atomic E-state index is 0.0808. The number of nitrogens with zero attached hydrogens (tertiary/aromatic N) is 1. The lowest BCUT2D eigenvalue weighted by Gasteiger charge is -2.29. The molecule has 0 saturated carbocycles. The molecule has 1 aliphatic heterocycles. The van der Waals surface area contributed by atoms with Gasteiger partial charge in [0.1, 0.15) is 6.61 Å². The number of rotatable bonds is 9. The average molecular weight is 558 g/mol. The summed E-state index contributed by atoms with van der Waals surface area (Å²) in [5.74, 6) is -1.32. The first-order chi connectivity index (χ1) is 18.9. The molecule has 39 heavy (non-hydrogen) atoms. The maximum absolute atomic E-state index is 13.4. The molecule has 1 atom stereocenters. The highest BCUT2D eigenvalue weighted by atomic mass is 35.5. The molecule has 0 bridgehead atoms. The predicted octanol–water partition coefficient (Wildman–Crippen LogP) is 6.71. The van der Waals surface area contributed by atoms with Crippen LogP contribution in [0, 0.1) is 11.3 Å². The van der Waals surface area contributed by atoms with E-state index in [0.717, 1.165) is 17.5 Å². The molecule has 2 N–H and O–H groups in total. The lowest BCUT2D eigenvalue weighted by molar-refractivity contribution is -0.140. The summed E-state index contributed by atoms with van der Waals surface area (Å²) in [6.45, 7) is 3.95. The van der Waals surface area contributed by atoms with E-state index in [1.807, 2.05) is 54.6 Å². The summed E-state index contributed by atoms with van der Waals surface area (Å²) in [6, 6.07) is 26.4. The summed E-state index contributed by atoms with van der Waals surface area (Å²) in [5.41, 5.74) is 4.72. The number of thioether (sulfide) groups is 1. The Morgan fingerprint density at radius 2 is 1.72 bits per heavy atom. The van der Waals surface area contributed by atoms with Crippen LogP contribution in [0.2, 0.25) is 5.02 Å². The van der Waals surface area contributed by atoms with Crippen molar-refractivity contribution in [3.05, 3.63) is 122 Å². The highest BCUT2D eigenvalue weighted by Gasteiger charge is 2.35. The third-order valence-corrected chi connectivity index (χ3v) is 7.55. The van der Waals surface area contributed by atoms with E-state index in [-0.39, 0.29) is 18.3 Å². The zero-order valence-electron chi connectivity index (χ0n) is 21.7. The molecule has 1 heterocycles. The number of hydrogen-bond donors (Lipinski definition) is 2. The van der Waals surface area contributed by atoms with Gasteiger partial charge in [-0.3, -0.25) is 4.79 Å². The molecule has 0 aliphatic carbocycles. The van der Waals surface area contributed by atoms with Crippen LogP contribution in [0.25, 0.3) is 0 Å². The predicted molar refractivity (Wildman–Crippen MR) is 156 cm³/mol. The normalized spacial score (nSPS) is 14.9. The number of anilines is 1. The summed E-state index contributed by atoms with van der Waals surface area (Å²) in [7, 11) is 0. The van der Waals surface area contributed by atoms with Crippen LogP contribution in [0.3, 0.4) is 0 Å². The third kappa shape index (κ3) is 7.11. The fraction of sp³-hybridized carbons (Fsp3) is 0.194. The number of carbonyl (C=O) groups is 2. The number of aryl methyl sites for hydroxylation is 1. The number of halogens is 1. The molecule has 4 rings (SSSR count). The van der Waals surface area contributed by atoms with Gasteiger partial charge in [0.05, 0.1) is 33.9 Å². The van der Waals surface area contributed by atoms with Gasteiger partial charge in [-0.15, -0.1) is 0 Å². The highest BCUT2D eigenvalue weighted by molar-refractivity contribution is 8.03. The van der Waals surface area contributed by atoms with Crippen molar-refractivity contribution in [3.8, 4) is 6.07 Å². The molecule has 1 amide bonds. The van der Waals surface area contributed by atoms with E-state index < -0.39 is 11.9 Å². The van der Waals surface area contributed by atoms with Crippen molar-refractivity contribution in [1.82, 2.24) is 5.32 Å². The van der Waals surface area contributed by atoms with Gasteiger partial charge in [-0.25, -0.2) is 4.79 Å². The summed E-state index contributed by atoms with van der Waals surface area (Å²) in [4.78, 5) is 26.1. The Hall–Kier alpha value is -3.99. The summed E-state index contributed by atoms with van der Waals surface area (Å²) < 4.78 is 5.66. The third-order valence-electron chi connectivity index (χ3n) is 6.28. The van der Waals surface area contributed by atoms with Crippen molar-refractivity contribution in [1.29, 1.82) is 5.26 Å². The molecule has 0 radical (unpaired) electrons. The number of ether oxygens (including phenoxy) is 1. The Labute approximate surface area is 237 Å². The van der Waals surface area contributed by atoms with E-state index in [1.54, 1.807) is 31.2 Å². The van der Waals surface area contributed by atoms with E-state index in [4.69, 9.17) is 16.3 Å². The number of nitrogens with one attached hydrogen (secondary N) is 2. The molecule has 8 heteroatoms. The van der Waals surface area contributed by atoms with E-state index in [2.05, 4.69) is 23.6 Å². The van der Waals surface area contributed by atoms with Crippen LogP contribution < -0.4 is 10.6 Å². The first-order valence-electron chi connectivity index (χ1n) is 12.5. The summed E-state index contributed by atoms with van der Waals surface area (Å²) in [5, 5.41) is 17.4. The van der Waals surface area contributed by atoms with Crippen LogP contribution >= 0.6 is 23.4 Å². The van der Waals surface area contributed by atoms with Crippen LogP contribution in [0.1, 0.15) is 36.5 Å². The van der Waals surface area contributed by atoms with Crippen LogP contribution in [0.5, 0.6) is 0 Å². The summed E-state index contributed by atoms with van der Waals surface area (Å²) >= 11 is 7.34. The highest BCUT2D eigenvalue weighted by Crippen LogP contribution is 2.41. The van der Waals surface area contributed by atoms with Gasteiger partial charge in [0.25, 0.3) is 0 Å². The molecule has 3 aromatic carbocycles. The molecule has 1 unspecified atom stereocenters. The van der Waals surface area contributed by atoms with Crippen LogP contribution in [0.4, 0.5) is 5.69 Å². The van der Waals surface area contributed by atoms with Crippen molar-refractivity contribution >= 4 is 40.9 Å². The zero-order valence-corrected chi connectivity index (χ0v) is 23.2. The van der Waals surface area contributed by atoms with E-state index in [9.17, 15) is 14.9 Å². The van der Waals surface area contributed by atoms with Gasteiger partial charge in [-0.1, -0.05) is 84.9 Å². The molecule has 1 aliphatic rings. The lowest BCUT2D eigenvalue weighted by Crippen LogP contribution is -2.29. The largest absolute Gasteiger partial charge is 0.457 e. The van der Waals surface area contributed by atoms with Crippen molar-refractivity contribution in [2.75, 3.05) is 11.1 Å². The Bertz CT molecular complexity index is 1440. The van der Waals surface area contributed by atoms with Gasteiger partial charge in [0.15, 0.2) is 0 Å². The van der Waals surface area contributed by atoms with Crippen molar-refractivity contribution in [2.24, 2.45) is 0 Å². The smallest absolute Gasteiger partial charge is 0.337 e. The number of allylic oxidation sites excluding steroid dienone is 2. The second-order valence-electron chi connectivity index (χ2n) is 8.95. The minimum atomic E-state index is -0.677. The quantitative estimate of drug-likeness (QED) is 0.284. The van der Waals surface area contributed by atoms with E-state index in [0.29, 0.717) is 32.6 Å². The van der Waals surface area contributed by atoms with Gasteiger partial charge < -0.3 is 15.4 Å². The maximum atomic E-state index is 13.4. The Morgan fingerprint density at radius 3 is 2.36 bits per heavy atom. The van der Waals surface area contributed by atoms with Gasteiger partial charge in [0.2, 0.25) is 5.91 Å². The molecule has 198 valence electrons. The van der Waals surface area contributed by atoms with Crippen LogP contribution in [-0.2, 0) is 27.4 Å². The second-order valence-corrected chi connectivity index (χ2v) is 10.4. The molecule has 6 nitrogen and oxygen atoms in total. The van der Waals surface area contributed by atoms with E-state index >= 15 is 0 Å². The Morgan fingerprint density at radius 1 is 1.03 bits per heavy atom. The maximum Gasteiger partial charge on any atom is 0.337 e. The number of amides is 1. The molecular formula is C31H28ClN3O3S. The SMILES string of the molecule is CCc1ccc(NC(=O)CSC2=C(C#N)C(c3ccc(Cl)cc3)C(C(=O)OCc3ccccc3)=C(C)N2)cc1. The summed E-state index contributed by atoms with van der Waals surface area (Å²) in [6.07, 6.45) is 0.921. The molecule has 0 spiro atoms. The fourth-order valence-electron chi connectivity index (χ4n) is 4.25. The topological polar surface area (TPSA) is 91.2 Å². The number of nitriles is 1. The standard InChI is InChI=1S/C31H28ClN3O3S/c1-3-21-9-15-25(16-10-21)35-27(36)19-39-30-26(17-33)29(23-11-13-24(32)14-12-23)28(20(2)34-30)31(37)38-18-22-7-5-4-6-8-22/h4-16,29,34H,3,18-19H2,1-2H3,(H,35,36). The average Bonchev–Trinajstić information content (AvgIpc) is 2.96. The number of hydrogen-bond acceptors (Lipinski definition) is 6. The van der Waals surface area contributed by atoms with Crippen molar-refractivity contribution in [3.63, 3.8) is 0 Å². The monoisotopic (exact) mass is 557 g/mol. The fourth-order valence-corrected chi connectivity index (χ4v) is 5.26. The van der Waals surface area contributed by atoms with Crippen molar-refractivity contribution < 1.29 is 14.3 Å². The number of carbonyl (C=O) groups excluding carboxylic acids is 2. The van der Waals surface area contributed by atoms with Crippen LogP contribution in [-0.4, -0.2) is 17.6 Å². The molecule has 0 aromatic heterocycles. The first kappa shape index (κ1) is 28.0.